The Morgan fingerprint density at radius 1 is 1.16 bits per heavy atom. The molecule has 0 atom stereocenters. The number of nitrogens with one attached hydrogen (secondary N) is 1. The van der Waals surface area contributed by atoms with Crippen molar-refractivity contribution < 1.29 is 14.3 Å². The lowest BCUT2D eigenvalue weighted by molar-refractivity contribution is 0.0953. The van der Waals surface area contributed by atoms with E-state index in [1.807, 2.05) is 25.1 Å². The number of hydrogen-bond acceptors (Lipinski definition) is 5. The van der Waals surface area contributed by atoms with E-state index in [0.717, 1.165) is 12.0 Å². The predicted molar refractivity (Wildman–Crippen MR) is 125 cm³/mol. The number of benzene rings is 2. The zero-order valence-electron chi connectivity index (χ0n) is 17.9. The Hall–Kier alpha value is -3.58. The van der Waals surface area contributed by atoms with Gasteiger partial charge in [-0.05, 0) is 42.3 Å². The number of nitrogens with zero attached hydrogens (tertiary/aromatic N) is 2. The number of carbonyl (C=O) groups excluding carboxylic acids is 1. The Labute approximate surface area is 191 Å². The van der Waals surface area contributed by atoms with Crippen LogP contribution in [0.1, 0.15) is 34.8 Å². The van der Waals surface area contributed by atoms with Crippen molar-refractivity contribution in [2.24, 2.45) is 5.10 Å². The highest BCUT2D eigenvalue weighted by Crippen LogP contribution is 2.30. The lowest BCUT2D eigenvalue weighted by Crippen LogP contribution is -2.31. The summed E-state index contributed by atoms with van der Waals surface area (Å²) in [5.41, 5.74) is 3.37. The molecule has 2 aromatic carbocycles. The van der Waals surface area contributed by atoms with E-state index in [1.165, 1.54) is 16.8 Å². The number of hydrazone groups is 1. The van der Waals surface area contributed by atoms with Gasteiger partial charge in [0.2, 0.25) is 0 Å². The van der Waals surface area contributed by atoms with Crippen LogP contribution >= 0.6 is 11.6 Å². The zero-order valence-corrected chi connectivity index (χ0v) is 18.6. The average Bonchev–Trinajstić information content (AvgIpc) is 2.80. The summed E-state index contributed by atoms with van der Waals surface area (Å²) in [6, 6.07) is 15.7. The maximum Gasteiger partial charge on any atom is 0.276 e. The zero-order chi connectivity index (χ0) is 22.9. The first-order valence-corrected chi connectivity index (χ1v) is 10.5. The Kier molecular flexibility index (Phi) is 8.05. The number of para-hydroxylation sites is 1. The van der Waals surface area contributed by atoms with Crippen LogP contribution in [-0.4, -0.2) is 30.4 Å². The van der Waals surface area contributed by atoms with Gasteiger partial charge >= 0.3 is 0 Å². The van der Waals surface area contributed by atoms with Gasteiger partial charge < -0.3 is 14.0 Å². The molecular weight excluding hydrogens is 430 g/mol. The molecule has 32 heavy (non-hydrogen) atoms. The Balaban J connectivity index is 1.77. The fourth-order valence-corrected chi connectivity index (χ4v) is 3.21. The lowest BCUT2D eigenvalue weighted by atomic mass is 10.2. The van der Waals surface area contributed by atoms with Crippen molar-refractivity contribution in [3.8, 4) is 11.5 Å². The molecule has 3 aromatic rings. The van der Waals surface area contributed by atoms with E-state index in [9.17, 15) is 9.59 Å². The third-order valence-electron chi connectivity index (χ3n) is 4.61. The van der Waals surface area contributed by atoms with E-state index >= 15 is 0 Å². The van der Waals surface area contributed by atoms with Gasteiger partial charge in [0, 0.05) is 16.8 Å². The van der Waals surface area contributed by atoms with E-state index in [1.54, 1.807) is 43.6 Å². The minimum Gasteiger partial charge on any atom is -0.493 e. The molecule has 1 N–H and O–H groups in total. The van der Waals surface area contributed by atoms with Crippen molar-refractivity contribution >= 4 is 23.7 Å². The van der Waals surface area contributed by atoms with Crippen molar-refractivity contribution in [1.29, 1.82) is 0 Å². The molecule has 0 saturated heterocycles. The summed E-state index contributed by atoms with van der Waals surface area (Å²) in [6.45, 7) is 2.77. The number of rotatable bonds is 9. The van der Waals surface area contributed by atoms with Gasteiger partial charge in [0.15, 0.2) is 11.5 Å². The summed E-state index contributed by atoms with van der Waals surface area (Å²) in [7, 11) is 1.56. The third kappa shape index (κ3) is 5.56. The third-order valence-corrected chi connectivity index (χ3v) is 4.98. The standard InChI is InChI=1S/C24H24ClN3O4/c1-3-14-32-22-17(9-6-12-21(22)31-2)15-26-27-23(29)19-10-7-13-28(24(19)30)16-18-8-4-5-11-20(18)25/h4-13,15H,3,14,16H2,1-2H3,(H,27,29)/b26-15-. The van der Waals surface area contributed by atoms with Crippen LogP contribution in [-0.2, 0) is 6.54 Å². The van der Waals surface area contributed by atoms with Gasteiger partial charge in [-0.1, -0.05) is 42.8 Å². The number of amides is 1. The first-order valence-electron chi connectivity index (χ1n) is 10.1. The minimum absolute atomic E-state index is 0.0233. The largest absolute Gasteiger partial charge is 0.493 e. The molecule has 0 radical (unpaired) electrons. The molecular formula is C24H24ClN3O4. The molecule has 3 rings (SSSR count). The van der Waals surface area contributed by atoms with Crippen LogP contribution in [0.4, 0.5) is 0 Å². The van der Waals surface area contributed by atoms with Gasteiger partial charge in [-0.15, -0.1) is 0 Å². The summed E-state index contributed by atoms with van der Waals surface area (Å²) >= 11 is 6.19. The summed E-state index contributed by atoms with van der Waals surface area (Å²) in [4.78, 5) is 25.4. The number of hydrogen-bond donors (Lipinski definition) is 1. The highest BCUT2D eigenvalue weighted by atomic mass is 35.5. The quantitative estimate of drug-likeness (QED) is 0.390. The molecule has 0 spiro atoms. The fraction of sp³-hybridized carbons (Fsp3) is 0.208. The molecule has 7 nitrogen and oxygen atoms in total. The Morgan fingerprint density at radius 2 is 1.97 bits per heavy atom. The second kappa shape index (κ2) is 11.2. The Morgan fingerprint density at radius 3 is 2.72 bits per heavy atom. The SMILES string of the molecule is CCCOc1c(/C=N\NC(=O)c2cccn(Cc3ccccc3Cl)c2=O)cccc1OC. The van der Waals surface area contributed by atoms with Crippen LogP contribution in [0.25, 0.3) is 0 Å². The van der Waals surface area contributed by atoms with Crippen LogP contribution in [0.5, 0.6) is 11.5 Å². The van der Waals surface area contributed by atoms with Crippen molar-refractivity contribution in [1.82, 2.24) is 9.99 Å². The topological polar surface area (TPSA) is 81.9 Å². The number of carbonyl (C=O) groups is 1. The van der Waals surface area contributed by atoms with E-state index in [0.29, 0.717) is 28.7 Å². The van der Waals surface area contributed by atoms with Crippen LogP contribution in [0, 0.1) is 0 Å². The van der Waals surface area contributed by atoms with Gasteiger partial charge in [-0.2, -0.15) is 5.10 Å². The smallest absolute Gasteiger partial charge is 0.276 e. The molecule has 0 fully saturated rings. The maximum absolute atomic E-state index is 12.8. The number of aromatic nitrogens is 1. The molecule has 0 saturated carbocycles. The molecule has 0 aliphatic carbocycles. The fourth-order valence-electron chi connectivity index (χ4n) is 3.02. The monoisotopic (exact) mass is 453 g/mol. The first-order chi connectivity index (χ1) is 15.5. The molecule has 0 bridgehead atoms. The van der Waals surface area contributed by atoms with Crippen molar-refractivity contribution in [3.05, 3.63) is 92.9 Å². The highest BCUT2D eigenvalue weighted by molar-refractivity contribution is 6.31. The van der Waals surface area contributed by atoms with E-state index in [2.05, 4.69) is 10.5 Å². The van der Waals surface area contributed by atoms with Crippen LogP contribution in [0.3, 0.4) is 0 Å². The number of ether oxygens (including phenoxy) is 2. The molecule has 8 heteroatoms. The summed E-state index contributed by atoms with van der Waals surface area (Å²) in [6.07, 6.45) is 3.90. The van der Waals surface area contributed by atoms with Gasteiger partial charge in [0.25, 0.3) is 11.5 Å². The molecule has 166 valence electrons. The van der Waals surface area contributed by atoms with Gasteiger partial charge in [0.05, 0.1) is 26.5 Å². The minimum atomic E-state index is -0.612. The van der Waals surface area contributed by atoms with Gasteiger partial charge in [-0.3, -0.25) is 9.59 Å². The maximum atomic E-state index is 12.8. The molecule has 1 heterocycles. The number of pyridine rings is 1. The first kappa shape index (κ1) is 23.1. The Bertz CT molecular complexity index is 1170. The van der Waals surface area contributed by atoms with E-state index < -0.39 is 11.5 Å². The summed E-state index contributed by atoms with van der Waals surface area (Å²) < 4.78 is 12.5. The molecule has 0 aliphatic heterocycles. The van der Waals surface area contributed by atoms with Crippen molar-refractivity contribution in [2.75, 3.05) is 13.7 Å². The highest BCUT2D eigenvalue weighted by Gasteiger charge is 2.13. The van der Waals surface area contributed by atoms with Gasteiger partial charge in [-0.25, -0.2) is 5.43 Å². The van der Waals surface area contributed by atoms with Crippen molar-refractivity contribution in [2.45, 2.75) is 19.9 Å². The van der Waals surface area contributed by atoms with E-state index in [-0.39, 0.29) is 12.1 Å². The van der Waals surface area contributed by atoms with Crippen LogP contribution < -0.4 is 20.5 Å². The second-order valence-corrected chi connectivity index (χ2v) is 7.28. The van der Waals surface area contributed by atoms with E-state index in [4.69, 9.17) is 21.1 Å². The second-order valence-electron chi connectivity index (χ2n) is 6.87. The number of methoxy groups -OCH3 is 1. The van der Waals surface area contributed by atoms with Crippen LogP contribution in [0.15, 0.2) is 70.7 Å². The summed E-state index contributed by atoms with van der Waals surface area (Å²) in [5.74, 6) is 0.495. The normalized spacial score (nSPS) is 10.8. The molecule has 0 unspecified atom stereocenters. The van der Waals surface area contributed by atoms with Crippen LogP contribution in [0.2, 0.25) is 5.02 Å². The average molecular weight is 454 g/mol. The number of halogens is 1. The molecule has 0 aliphatic rings. The van der Waals surface area contributed by atoms with Gasteiger partial charge in [0.1, 0.15) is 5.56 Å². The predicted octanol–water partition coefficient (Wildman–Crippen LogP) is 4.11. The molecule has 1 aromatic heterocycles. The van der Waals surface area contributed by atoms with Crippen molar-refractivity contribution in [3.63, 3.8) is 0 Å². The lowest BCUT2D eigenvalue weighted by Gasteiger charge is -2.12. The molecule has 1 amide bonds. The summed E-state index contributed by atoms with van der Waals surface area (Å²) in [5, 5.41) is 4.56.